The van der Waals surface area contributed by atoms with Crippen molar-refractivity contribution >= 4 is 5.97 Å². The van der Waals surface area contributed by atoms with E-state index in [-0.39, 0.29) is 22.8 Å². The standard InChI is InChI=1S/C19H20O10/c1-9-17(12(21)6-7-26-9)29-19-16(24)15(23)14(22)13(28-19)8-27-18(25)10-2-4-11(20)5-3-10/h2-7,13-16,19-20,22-24H,8H2,1H3/t13-,14-,15+,16-,19+/m1/s1. The van der Waals surface area contributed by atoms with Crippen LogP contribution in [0.1, 0.15) is 16.1 Å². The molecule has 0 unspecified atom stereocenters. The number of carbonyl (C=O) groups excluding carboxylic acids is 1. The van der Waals surface area contributed by atoms with Gasteiger partial charge in [-0.15, -0.1) is 0 Å². The van der Waals surface area contributed by atoms with Crippen LogP contribution in [0.5, 0.6) is 11.5 Å². The monoisotopic (exact) mass is 408 g/mol. The molecule has 10 nitrogen and oxygen atoms in total. The van der Waals surface area contributed by atoms with Crippen LogP contribution < -0.4 is 10.2 Å². The lowest BCUT2D eigenvalue weighted by atomic mass is 9.99. The van der Waals surface area contributed by atoms with E-state index in [0.717, 1.165) is 6.07 Å². The lowest BCUT2D eigenvalue weighted by molar-refractivity contribution is -0.277. The first-order chi connectivity index (χ1) is 13.8. The lowest BCUT2D eigenvalue weighted by Gasteiger charge is -2.39. The zero-order valence-corrected chi connectivity index (χ0v) is 15.3. The number of hydrogen-bond donors (Lipinski definition) is 4. The van der Waals surface area contributed by atoms with Crippen LogP contribution in [0.2, 0.25) is 0 Å². The molecule has 0 spiro atoms. The Balaban J connectivity index is 1.69. The molecule has 1 aromatic heterocycles. The van der Waals surface area contributed by atoms with Crippen LogP contribution in [-0.2, 0) is 9.47 Å². The smallest absolute Gasteiger partial charge is 0.338 e. The van der Waals surface area contributed by atoms with Gasteiger partial charge in [0.1, 0.15) is 42.5 Å². The van der Waals surface area contributed by atoms with E-state index < -0.39 is 48.7 Å². The van der Waals surface area contributed by atoms with Crippen molar-refractivity contribution in [3.8, 4) is 11.5 Å². The van der Waals surface area contributed by atoms with Gasteiger partial charge in [0.05, 0.1) is 11.8 Å². The van der Waals surface area contributed by atoms with Gasteiger partial charge < -0.3 is 39.1 Å². The first-order valence-corrected chi connectivity index (χ1v) is 8.69. The first-order valence-electron chi connectivity index (χ1n) is 8.69. The molecule has 0 radical (unpaired) electrons. The minimum absolute atomic E-state index is 0.0228. The second-order valence-electron chi connectivity index (χ2n) is 6.45. The molecule has 1 fully saturated rings. The highest BCUT2D eigenvalue weighted by atomic mass is 16.7. The van der Waals surface area contributed by atoms with Crippen molar-refractivity contribution in [2.24, 2.45) is 0 Å². The van der Waals surface area contributed by atoms with Gasteiger partial charge >= 0.3 is 5.97 Å². The van der Waals surface area contributed by atoms with Gasteiger partial charge in [-0.25, -0.2) is 4.79 Å². The molecule has 4 N–H and O–H groups in total. The third-order valence-corrected chi connectivity index (χ3v) is 4.39. The molecule has 0 saturated carbocycles. The summed E-state index contributed by atoms with van der Waals surface area (Å²) < 4.78 is 20.9. The van der Waals surface area contributed by atoms with Crippen molar-refractivity contribution in [3.63, 3.8) is 0 Å². The predicted octanol–water partition coefficient (Wildman–Crippen LogP) is -0.303. The van der Waals surface area contributed by atoms with Crippen LogP contribution >= 0.6 is 0 Å². The average Bonchev–Trinajstić information content (AvgIpc) is 2.70. The number of aliphatic hydroxyl groups is 3. The van der Waals surface area contributed by atoms with Crippen LogP contribution in [0.25, 0.3) is 0 Å². The van der Waals surface area contributed by atoms with Crippen molar-refractivity contribution < 1.29 is 43.8 Å². The number of esters is 1. The van der Waals surface area contributed by atoms with Gasteiger partial charge in [-0.2, -0.15) is 0 Å². The molecule has 0 aliphatic carbocycles. The zero-order valence-electron chi connectivity index (χ0n) is 15.3. The van der Waals surface area contributed by atoms with Gasteiger partial charge in [-0.05, 0) is 31.2 Å². The minimum atomic E-state index is -1.68. The summed E-state index contributed by atoms with van der Waals surface area (Å²) >= 11 is 0. The summed E-state index contributed by atoms with van der Waals surface area (Å²) in [6, 6.07) is 6.41. The Kier molecular flexibility index (Phi) is 6.18. The molecule has 1 saturated heterocycles. The largest absolute Gasteiger partial charge is 0.508 e. The quantitative estimate of drug-likeness (QED) is 0.484. The Morgan fingerprint density at radius 3 is 2.41 bits per heavy atom. The van der Waals surface area contributed by atoms with E-state index in [2.05, 4.69) is 0 Å². The molecule has 1 aliphatic rings. The first kappa shape index (κ1) is 20.8. The van der Waals surface area contributed by atoms with Crippen LogP contribution in [0.4, 0.5) is 0 Å². The molecule has 1 aliphatic heterocycles. The fourth-order valence-corrected chi connectivity index (χ4v) is 2.75. The summed E-state index contributed by atoms with van der Waals surface area (Å²) in [4.78, 5) is 24.0. The minimum Gasteiger partial charge on any atom is -0.508 e. The maximum atomic E-state index is 12.1. The average molecular weight is 408 g/mol. The zero-order chi connectivity index (χ0) is 21.1. The molecule has 2 aromatic rings. The van der Waals surface area contributed by atoms with Crippen molar-refractivity contribution in [3.05, 3.63) is 58.1 Å². The van der Waals surface area contributed by atoms with E-state index in [9.17, 15) is 30.0 Å². The molecule has 29 heavy (non-hydrogen) atoms. The van der Waals surface area contributed by atoms with Crippen molar-refractivity contribution in [2.75, 3.05) is 6.61 Å². The number of hydrogen-bond acceptors (Lipinski definition) is 10. The van der Waals surface area contributed by atoms with E-state index in [1.54, 1.807) is 0 Å². The number of phenols is 1. The second-order valence-corrected chi connectivity index (χ2v) is 6.45. The van der Waals surface area contributed by atoms with Crippen molar-refractivity contribution in [1.29, 1.82) is 0 Å². The third kappa shape index (κ3) is 4.57. The SMILES string of the molecule is Cc1occc(=O)c1O[C@@H]1O[C@H](COC(=O)c2ccc(O)cc2)[C@@H](O)[C@H](O)[C@H]1O. The van der Waals surface area contributed by atoms with Crippen LogP contribution in [0, 0.1) is 6.92 Å². The fourth-order valence-electron chi connectivity index (χ4n) is 2.75. The Morgan fingerprint density at radius 1 is 1.07 bits per heavy atom. The van der Waals surface area contributed by atoms with Gasteiger partial charge in [0.2, 0.25) is 17.5 Å². The highest BCUT2D eigenvalue weighted by Gasteiger charge is 2.45. The van der Waals surface area contributed by atoms with E-state index >= 15 is 0 Å². The number of phenolic OH excluding ortho intramolecular Hbond substituents is 1. The summed E-state index contributed by atoms with van der Waals surface area (Å²) in [6.07, 6.45) is -6.52. The number of aromatic hydroxyl groups is 1. The van der Waals surface area contributed by atoms with Crippen molar-refractivity contribution in [1.82, 2.24) is 0 Å². The maximum absolute atomic E-state index is 12.1. The highest BCUT2D eigenvalue weighted by Crippen LogP contribution is 2.25. The van der Waals surface area contributed by atoms with Gasteiger partial charge in [0.15, 0.2) is 0 Å². The summed E-state index contributed by atoms with van der Waals surface area (Å²) in [5, 5.41) is 39.6. The Labute approximate surface area is 164 Å². The van der Waals surface area contributed by atoms with E-state index in [0.29, 0.717) is 0 Å². The Hall–Kier alpha value is -2.92. The normalized spacial score (nSPS) is 26.7. The molecule has 0 bridgehead atoms. The van der Waals surface area contributed by atoms with Crippen molar-refractivity contribution in [2.45, 2.75) is 37.6 Å². The van der Waals surface area contributed by atoms with Gasteiger partial charge in [-0.1, -0.05) is 0 Å². The van der Waals surface area contributed by atoms with Crippen LogP contribution in [-0.4, -0.2) is 63.7 Å². The maximum Gasteiger partial charge on any atom is 0.338 e. The van der Waals surface area contributed by atoms with Gasteiger partial charge in [0, 0.05) is 6.07 Å². The lowest BCUT2D eigenvalue weighted by Crippen LogP contribution is -2.60. The van der Waals surface area contributed by atoms with Gasteiger partial charge in [0.25, 0.3) is 0 Å². The number of aliphatic hydroxyl groups excluding tert-OH is 3. The fraction of sp³-hybridized carbons (Fsp3) is 0.368. The summed E-state index contributed by atoms with van der Waals surface area (Å²) in [5.41, 5.74) is -0.375. The molecule has 156 valence electrons. The van der Waals surface area contributed by atoms with E-state index in [4.69, 9.17) is 18.6 Å². The highest BCUT2D eigenvalue weighted by molar-refractivity contribution is 5.89. The van der Waals surface area contributed by atoms with Crippen LogP contribution in [0.15, 0.2) is 45.8 Å². The Bertz CT molecular complexity index is 906. The molecular weight excluding hydrogens is 388 g/mol. The molecule has 3 rings (SSSR count). The number of benzene rings is 1. The van der Waals surface area contributed by atoms with E-state index in [1.807, 2.05) is 0 Å². The summed E-state index contributed by atoms with van der Waals surface area (Å²) in [7, 11) is 0. The molecule has 0 amide bonds. The van der Waals surface area contributed by atoms with Crippen LogP contribution in [0.3, 0.4) is 0 Å². The topological polar surface area (TPSA) is 156 Å². The molecule has 5 atom stereocenters. The van der Waals surface area contributed by atoms with E-state index in [1.165, 1.54) is 37.5 Å². The number of ether oxygens (including phenoxy) is 3. The second kappa shape index (κ2) is 8.62. The number of rotatable bonds is 5. The Morgan fingerprint density at radius 2 is 1.76 bits per heavy atom. The third-order valence-electron chi connectivity index (χ3n) is 4.39. The molecule has 2 heterocycles. The summed E-state index contributed by atoms with van der Waals surface area (Å²) in [6.45, 7) is 1.00. The summed E-state index contributed by atoms with van der Waals surface area (Å²) in [5.74, 6) is -0.868. The molecular formula is C19H20O10. The number of aryl methyl sites for hydroxylation is 1. The van der Waals surface area contributed by atoms with Gasteiger partial charge in [-0.3, -0.25) is 4.79 Å². The molecule has 10 heteroatoms. The molecule has 1 aromatic carbocycles. The predicted molar refractivity (Wildman–Crippen MR) is 95.4 cm³/mol. The number of carbonyl (C=O) groups is 1.